The molecule has 0 aliphatic carbocycles. The molecule has 2 aromatic carbocycles. The van der Waals surface area contributed by atoms with E-state index in [1.54, 1.807) is 6.08 Å². The summed E-state index contributed by atoms with van der Waals surface area (Å²) in [6.45, 7) is 6.43. The van der Waals surface area contributed by atoms with Gasteiger partial charge in [0.25, 0.3) is 0 Å². The summed E-state index contributed by atoms with van der Waals surface area (Å²) in [4.78, 5) is 11.9. The summed E-state index contributed by atoms with van der Waals surface area (Å²) in [5, 5.41) is 2.88. The second kappa shape index (κ2) is 7.60. The maximum absolute atomic E-state index is 11.9. The van der Waals surface area contributed by atoms with Crippen LogP contribution in [0.1, 0.15) is 42.9 Å². The fourth-order valence-corrected chi connectivity index (χ4v) is 2.16. The van der Waals surface area contributed by atoms with Gasteiger partial charge in [-0.2, -0.15) is 0 Å². The molecule has 0 aliphatic heterocycles. The molecule has 0 radical (unpaired) electrons. The van der Waals surface area contributed by atoms with Gasteiger partial charge < -0.3 is 5.32 Å². The second-order valence-corrected chi connectivity index (χ2v) is 5.66. The molecule has 2 nitrogen and oxygen atoms in total. The predicted molar refractivity (Wildman–Crippen MR) is 94.0 cm³/mol. The Balaban J connectivity index is 1.95. The van der Waals surface area contributed by atoms with Crippen molar-refractivity contribution in [2.45, 2.75) is 33.1 Å². The van der Waals surface area contributed by atoms with E-state index in [1.807, 2.05) is 49.4 Å². The Morgan fingerprint density at radius 2 is 1.73 bits per heavy atom. The minimum Gasteiger partial charge on any atom is -0.323 e. The SMILES string of the molecule is CCC(C)c1ccc(NC(=O)C=Cc2ccc(C)cc2)cc1. The van der Waals surface area contributed by atoms with Gasteiger partial charge in [0.05, 0.1) is 0 Å². The van der Waals surface area contributed by atoms with Gasteiger partial charge in [0, 0.05) is 11.8 Å². The van der Waals surface area contributed by atoms with Crippen LogP contribution in [0.5, 0.6) is 0 Å². The Hall–Kier alpha value is -2.35. The summed E-state index contributed by atoms with van der Waals surface area (Å²) in [5.74, 6) is 0.433. The van der Waals surface area contributed by atoms with Crippen LogP contribution in [0.15, 0.2) is 54.6 Å². The number of hydrogen-bond donors (Lipinski definition) is 1. The molecule has 0 spiro atoms. The van der Waals surface area contributed by atoms with Gasteiger partial charge in [0.15, 0.2) is 0 Å². The van der Waals surface area contributed by atoms with E-state index < -0.39 is 0 Å². The van der Waals surface area contributed by atoms with Crippen molar-refractivity contribution in [2.75, 3.05) is 5.32 Å². The summed E-state index contributed by atoms with van der Waals surface area (Å²) in [6, 6.07) is 16.1. The lowest BCUT2D eigenvalue weighted by atomic mass is 9.99. The Kier molecular flexibility index (Phi) is 5.54. The molecule has 0 fully saturated rings. The number of carbonyl (C=O) groups is 1. The summed E-state index contributed by atoms with van der Waals surface area (Å²) < 4.78 is 0. The molecular weight excluding hydrogens is 270 g/mol. The molecule has 0 bridgehead atoms. The number of hydrogen-bond acceptors (Lipinski definition) is 1. The first kappa shape index (κ1) is 16.0. The number of rotatable bonds is 5. The maximum atomic E-state index is 11.9. The van der Waals surface area contributed by atoms with E-state index in [4.69, 9.17) is 0 Å². The van der Waals surface area contributed by atoms with E-state index in [0.29, 0.717) is 5.92 Å². The third-order valence-electron chi connectivity index (χ3n) is 3.86. The molecule has 2 rings (SSSR count). The number of nitrogens with one attached hydrogen (secondary N) is 1. The predicted octanol–water partition coefficient (Wildman–Crippen LogP) is 5.16. The standard InChI is InChI=1S/C20H23NO/c1-4-16(3)18-10-12-19(13-11-18)21-20(22)14-9-17-7-5-15(2)6-8-17/h5-14,16H,4H2,1-3H3,(H,21,22). The molecule has 0 saturated carbocycles. The van der Waals surface area contributed by atoms with Gasteiger partial charge in [0.2, 0.25) is 5.91 Å². The van der Waals surface area contributed by atoms with Gasteiger partial charge in [0.1, 0.15) is 0 Å². The van der Waals surface area contributed by atoms with Crippen LogP contribution >= 0.6 is 0 Å². The van der Waals surface area contributed by atoms with Crippen LogP contribution in [-0.2, 0) is 4.79 Å². The lowest BCUT2D eigenvalue weighted by Crippen LogP contribution is -2.07. The average Bonchev–Trinajstić information content (AvgIpc) is 2.54. The van der Waals surface area contributed by atoms with Crippen LogP contribution in [0.2, 0.25) is 0 Å². The van der Waals surface area contributed by atoms with E-state index in [1.165, 1.54) is 11.1 Å². The molecule has 0 aromatic heterocycles. The summed E-state index contributed by atoms with van der Waals surface area (Å²) in [7, 11) is 0. The molecule has 2 aromatic rings. The third kappa shape index (κ3) is 4.59. The van der Waals surface area contributed by atoms with Crippen molar-refractivity contribution in [2.24, 2.45) is 0 Å². The molecule has 1 unspecified atom stereocenters. The monoisotopic (exact) mass is 293 g/mol. The lowest BCUT2D eigenvalue weighted by Gasteiger charge is -2.09. The van der Waals surface area contributed by atoms with E-state index >= 15 is 0 Å². The highest BCUT2D eigenvalue weighted by molar-refractivity contribution is 6.01. The molecule has 1 amide bonds. The van der Waals surface area contributed by atoms with E-state index in [2.05, 4.69) is 31.3 Å². The zero-order valence-electron chi connectivity index (χ0n) is 13.5. The topological polar surface area (TPSA) is 29.1 Å². The second-order valence-electron chi connectivity index (χ2n) is 5.66. The molecule has 1 N–H and O–H groups in total. The van der Waals surface area contributed by atoms with Crippen molar-refractivity contribution in [3.05, 3.63) is 71.3 Å². The van der Waals surface area contributed by atoms with Crippen LogP contribution in [0.3, 0.4) is 0 Å². The van der Waals surface area contributed by atoms with Crippen molar-refractivity contribution in [3.8, 4) is 0 Å². The molecule has 114 valence electrons. The van der Waals surface area contributed by atoms with Crippen LogP contribution < -0.4 is 5.32 Å². The summed E-state index contributed by atoms with van der Waals surface area (Å²) in [6.07, 6.45) is 4.50. The van der Waals surface area contributed by atoms with E-state index in [-0.39, 0.29) is 5.91 Å². The lowest BCUT2D eigenvalue weighted by molar-refractivity contribution is -0.111. The minimum atomic E-state index is -0.114. The fraction of sp³-hybridized carbons (Fsp3) is 0.250. The zero-order valence-corrected chi connectivity index (χ0v) is 13.5. The third-order valence-corrected chi connectivity index (χ3v) is 3.86. The normalized spacial score (nSPS) is 12.3. The van der Waals surface area contributed by atoms with Gasteiger partial charge in [-0.25, -0.2) is 0 Å². The number of benzene rings is 2. The zero-order chi connectivity index (χ0) is 15.9. The molecule has 1 atom stereocenters. The van der Waals surface area contributed by atoms with E-state index in [9.17, 15) is 4.79 Å². The Morgan fingerprint density at radius 3 is 2.32 bits per heavy atom. The molecule has 0 saturated heterocycles. The first-order valence-electron chi connectivity index (χ1n) is 7.74. The van der Waals surface area contributed by atoms with Gasteiger partial charge in [-0.1, -0.05) is 55.8 Å². The van der Waals surface area contributed by atoms with Crippen LogP contribution in [0, 0.1) is 6.92 Å². The van der Waals surface area contributed by atoms with Gasteiger partial charge in [-0.3, -0.25) is 4.79 Å². The van der Waals surface area contributed by atoms with Crippen LogP contribution in [0.25, 0.3) is 6.08 Å². The number of carbonyl (C=O) groups excluding carboxylic acids is 1. The number of aryl methyl sites for hydroxylation is 1. The van der Waals surface area contributed by atoms with Crippen molar-refractivity contribution in [1.29, 1.82) is 0 Å². The van der Waals surface area contributed by atoms with Crippen LogP contribution in [0.4, 0.5) is 5.69 Å². The molecular formula is C20H23NO. The van der Waals surface area contributed by atoms with Gasteiger partial charge in [-0.05, 0) is 48.6 Å². The fourth-order valence-electron chi connectivity index (χ4n) is 2.16. The Bertz CT molecular complexity index is 638. The number of amides is 1. The first-order chi connectivity index (χ1) is 10.6. The largest absolute Gasteiger partial charge is 0.323 e. The molecule has 0 aliphatic rings. The molecule has 2 heteroatoms. The number of anilines is 1. The quantitative estimate of drug-likeness (QED) is 0.758. The van der Waals surface area contributed by atoms with Crippen molar-refractivity contribution in [3.63, 3.8) is 0 Å². The summed E-state index contributed by atoms with van der Waals surface area (Å²) in [5.41, 5.74) is 4.36. The van der Waals surface area contributed by atoms with Crippen molar-refractivity contribution < 1.29 is 4.79 Å². The van der Waals surface area contributed by atoms with Crippen molar-refractivity contribution >= 4 is 17.7 Å². The average molecular weight is 293 g/mol. The minimum absolute atomic E-state index is 0.114. The van der Waals surface area contributed by atoms with Gasteiger partial charge in [-0.15, -0.1) is 0 Å². The van der Waals surface area contributed by atoms with Crippen molar-refractivity contribution in [1.82, 2.24) is 0 Å². The Labute approximate surface area is 132 Å². The first-order valence-corrected chi connectivity index (χ1v) is 7.74. The highest BCUT2D eigenvalue weighted by Crippen LogP contribution is 2.20. The highest BCUT2D eigenvalue weighted by Gasteiger charge is 2.03. The highest BCUT2D eigenvalue weighted by atomic mass is 16.1. The Morgan fingerprint density at radius 1 is 1.09 bits per heavy atom. The summed E-state index contributed by atoms with van der Waals surface area (Å²) >= 11 is 0. The maximum Gasteiger partial charge on any atom is 0.248 e. The molecule has 22 heavy (non-hydrogen) atoms. The molecule has 0 heterocycles. The smallest absolute Gasteiger partial charge is 0.248 e. The van der Waals surface area contributed by atoms with E-state index in [0.717, 1.165) is 17.7 Å². The van der Waals surface area contributed by atoms with Gasteiger partial charge >= 0.3 is 0 Å². The van der Waals surface area contributed by atoms with Crippen LogP contribution in [-0.4, -0.2) is 5.91 Å².